The van der Waals surface area contributed by atoms with Crippen LogP contribution in [-0.2, 0) is 0 Å². The van der Waals surface area contributed by atoms with Gasteiger partial charge in [0.2, 0.25) is 0 Å². The smallest absolute Gasteiger partial charge is 0.137 e. The van der Waals surface area contributed by atoms with Crippen molar-refractivity contribution in [1.29, 1.82) is 5.26 Å². The van der Waals surface area contributed by atoms with E-state index < -0.39 is 0 Å². The summed E-state index contributed by atoms with van der Waals surface area (Å²) < 4.78 is 13.8. The van der Waals surface area contributed by atoms with Crippen molar-refractivity contribution in [2.75, 3.05) is 5.32 Å². The van der Waals surface area contributed by atoms with Crippen LogP contribution in [0.2, 0.25) is 0 Å². The van der Waals surface area contributed by atoms with E-state index in [1.165, 1.54) is 11.6 Å². The number of halogens is 1. The molecule has 1 saturated carbocycles. The van der Waals surface area contributed by atoms with Crippen molar-refractivity contribution in [3.05, 3.63) is 71.9 Å². The maximum Gasteiger partial charge on any atom is 0.137 e. The van der Waals surface area contributed by atoms with E-state index in [4.69, 9.17) is 5.26 Å². The number of nitrogens with one attached hydrogen (secondary N) is 1. The molecule has 0 aliphatic heterocycles. The number of benzene rings is 2. The molecule has 0 bridgehead atoms. The minimum atomic E-state index is -0.202. The lowest BCUT2D eigenvalue weighted by Gasteiger charge is -2.31. The van der Waals surface area contributed by atoms with Crippen molar-refractivity contribution in [1.82, 2.24) is 15.0 Å². The first-order valence-corrected chi connectivity index (χ1v) is 11.6. The zero-order valence-corrected chi connectivity index (χ0v) is 18.6. The Morgan fingerprint density at radius 2 is 1.85 bits per heavy atom. The number of aromatic nitrogens is 3. The van der Waals surface area contributed by atoms with Crippen molar-refractivity contribution in [2.45, 2.75) is 51.0 Å². The molecule has 5 nitrogen and oxygen atoms in total. The molecule has 1 aliphatic carbocycles. The number of nitrogens with zero attached hydrogens (tertiary/aromatic N) is 4. The lowest BCUT2D eigenvalue weighted by molar-refractivity contribution is 0.302. The van der Waals surface area contributed by atoms with Gasteiger partial charge in [-0.25, -0.2) is 14.4 Å². The molecule has 0 spiro atoms. The Balaban J connectivity index is 1.23. The van der Waals surface area contributed by atoms with E-state index in [9.17, 15) is 4.39 Å². The minimum Gasteiger partial charge on any atom is -0.367 e. The summed E-state index contributed by atoms with van der Waals surface area (Å²) in [7, 11) is 0. The van der Waals surface area contributed by atoms with E-state index in [1.807, 2.05) is 12.3 Å². The molecule has 6 heteroatoms. The van der Waals surface area contributed by atoms with Crippen LogP contribution in [0.5, 0.6) is 0 Å². The summed E-state index contributed by atoms with van der Waals surface area (Å²) in [5.74, 6) is 1.71. The molecule has 2 aromatic carbocycles. The molecule has 1 aliphatic rings. The van der Waals surface area contributed by atoms with Crippen LogP contribution < -0.4 is 5.32 Å². The normalized spacial score (nSPS) is 19.3. The first-order valence-electron chi connectivity index (χ1n) is 11.6. The summed E-state index contributed by atoms with van der Waals surface area (Å²) in [4.78, 5) is 13.2. The maximum atomic E-state index is 13.8. The molecule has 1 atom stereocenters. The molecule has 0 radical (unpaired) electrons. The Morgan fingerprint density at radius 1 is 1.00 bits per heavy atom. The van der Waals surface area contributed by atoms with Gasteiger partial charge in [-0.15, -0.1) is 0 Å². The molecule has 1 unspecified atom stereocenters. The van der Waals surface area contributed by atoms with E-state index in [0.717, 1.165) is 59.7 Å². The molecule has 2 aromatic heterocycles. The number of rotatable bonds is 5. The van der Waals surface area contributed by atoms with E-state index in [-0.39, 0.29) is 11.9 Å². The highest BCUT2D eigenvalue weighted by molar-refractivity contribution is 5.89. The van der Waals surface area contributed by atoms with E-state index >= 15 is 0 Å². The summed E-state index contributed by atoms with van der Waals surface area (Å²) in [6, 6.07) is 14.9. The van der Waals surface area contributed by atoms with Gasteiger partial charge >= 0.3 is 0 Å². The zero-order valence-electron chi connectivity index (χ0n) is 18.6. The second-order valence-electron chi connectivity index (χ2n) is 9.13. The van der Waals surface area contributed by atoms with Crippen molar-refractivity contribution in [3.63, 3.8) is 0 Å². The molecule has 33 heavy (non-hydrogen) atoms. The summed E-state index contributed by atoms with van der Waals surface area (Å²) in [5, 5.41) is 14.6. The number of pyridine rings is 1. The quantitative estimate of drug-likeness (QED) is 0.392. The van der Waals surface area contributed by atoms with Crippen molar-refractivity contribution in [3.8, 4) is 6.07 Å². The largest absolute Gasteiger partial charge is 0.367 e. The number of anilines is 1. The van der Waals surface area contributed by atoms with Crippen LogP contribution >= 0.6 is 0 Å². The highest BCUT2D eigenvalue weighted by Gasteiger charge is 2.25. The van der Waals surface area contributed by atoms with E-state index in [0.29, 0.717) is 17.4 Å². The highest BCUT2D eigenvalue weighted by atomic mass is 19.1. The number of hydrogen-bond acceptors (Lipinski definition) is 5. The molecule has 1 fully saturated rings. The van der Waals surface area contributed by atoms with Gasteiger partial charge in [-0.2, -0.15) is 5.26 Å². The standard InChI is InChI=1S/C27H26FN5/c1-17(33-27-23-8-4-19(15-29)13-26(23)31-16-32-27)12-18-2-5-20(6-3-18)22-10-11-30-25-9-7-21(28)14-24(22)25/h4,7-11,13-14,16-18,20H,2-3,5-6,12H2,1H3,(H,31,32,33)/t17?,18-,20+. The van der Waals surface area contributed by atoms with Gasteiger partial charge in [0.1, 0.15) is 18.0 Å². The van der Waals surface area contributed by atoms with Crippen molar-refractivity contribution < 1.29 is 4.39 Å². The maximum absolute atomic E-state index is 13.8. The Kier molecular flexibility index (Phi) is 5.87. The molecule has 5 rings (SSSR count). The molecule has 1 N–H and O–H groups in total. The third kappa shape index (κ3) is 4.49. The van der Waals surface area contributed by atoms with Gasteiger partial charge in [-0.3, -0.25) is 4.98 Å². The van der Waals surface area contributed by atoms with Gasteiger partial charge in [0.25, 0.3) is 0 Å². The summed E-state index contributed by atoms with van der Waals surface area (Å²) >= 11 is 0. The second-order valence-corrected chi connectivity index (χ2v) is 9.13. The predicted octanol–water partition coefficient (Wildman–Crippen LogP) is 6.35. The first-order chi connectivity index (χ1) is 16.1. The average molecular weight is 440 g/mol. The molecule has 4 aromatic rings. The van der Waals surface area contributed by atoms with Gasteiger partial charge in [0, 0.05) is 23.0 Å². The minimum absolute atomic E-state index is 0.202. The SMILES string of the molecule is CC(C[C@H]1CC[C@@H](c2ccnc3ccc(F)cc32)CC1)Nc1ncnc2cc(C#N)ccc12. The zero-order chi connectivity index (χ0) is 22.8. The summed E-state index contributed by atoms with van der Waals surface area (Å²) in [6.07, 6.45) is 9.00. The van der Waals surface area contributed by atoms with Gasteiger partial charge in [0.15, 0.2) is 0 Å². The van der Waals surface area contributed by atoms with Gasteiger partial charge in [-0.05, 0) is 98.9 Å². The van der Waals surface area contributed by atoms with E-state index in [1.54, 1.807) is 30.6 Å². The molecule has 166 valence electrons. The van der Waals surface area contributed by atoms with Gasteiger partial charge in [-0.1, -0.05) is 0 Å². The Morgan fingerprint density at radius 3 is 2.67 bits per heavy atom. The second kappa shape index (κ2) is 9.11. The molecule has 0 saturated heterocycles. The molecular weight excluding hydrogens is 413 g/mol. The molecule has 0 amide bonds. The van der Waals surface area contributed by atoms with E-state index in [2.05, 4.69) is 39.3 Å². The Bertz CT molecular complexity index is 1340. The third-order valence-electron chi connectivity index (χ3n) is 6.86. The fourth-order valence-corrected chi connectivity index (χ4v) is 5.24. The van der Waals surface area contributed by atoms with Crippen LogP contribution in [0, 0.1) is 23.1 Å². The summed E-state index contributed by atoms with van der Waals surface area (Å²) in [5.41, 5.74) is 3.48. The molecular formula is C27H26FN5. The molecule has 2 heterocycles. The predicted molar refractivity (Wildman–Crippen MR) is 128 cm³/mol. The number of nitriles is 1. The first kappa shape index (κ1) is 21.3. The Labute approximate surface area is 192 Å². The van der Waals surface area contributed by atoms with Crippen molar-refractivity contribution in [2.24, 2.45) is 5.92 Å². The van der Waals surface area contributed by atoms with Crippen LogP contribution in [0.1, 0.15) is 56.1 Å². The monoisotopic (exact) mass is 439 g/mol. The number of fused-ring (bicyclic) bond motifs is 2. The van der Waals surface area contributed by atoms with Crippen LogP contribution in [0.3, 0.4) is 0 Å². The van der Waals surface area contributed by atoms with Gasteiger partial charge < -0.3 is 5.32 Å². The number of hydrogen-bond donors (Lipinski definition) is 1. The average Bonchev–Trinajstić information content (AvgIpc) is 2.84. The lowest BCUT2D eigenvalue weighted by Crippen LogP contribution is -2.23. The van der Waals surface area contributed by atoms with Crippen LogP contribution in [0.4, 0.5) is 10.2 Å². The highest BCUT2D eigenvalue weighted by Crippen LogP contribution is 2.40. The van der Waals surface area contributed by atoms with Crippen LogP contribution in [0.15, 0.2) is 55.0 Å². The fourth-order valence-electron chi connectivity index (χ4n) is 5.24. The van der Waals surface area contributed by atoms with Crippen molar-refractivity contribution >= 4 is 27.6 Å². The third-order valence-corrected chi connectivity index (χ3v) is 6.86. The topological polar surface area (TPSA) is 74.5 Å². The van der Waals surface area contributed by atoms with Crippen LogP contribution in [0.25, 0.3) is 21.8 Å². The van der Waals surface area contributed by atoms with Gasteiger partial charge in [0.05, 0.1) is 22.7 Å². The summed E-state index contributed by atoms with van der Waals surface area (Å²) in [6.45, 7) is 2.20. The Hall–Kier alpha value is -3.59. The van der Waals surface area contributed by atoms with Crippen LogP contribution in [-0.4, -0.2) is 21.0 Å². The fraction of sp³-hybridized carbons (Fsp3) is 0.333. The lowest BCUT2D eigenvalue weighted by atomic mass is 9.76.